The van der Waals surface area contributed by atoms with Crippen LogP contribution in [-0.4, -0.2) is 244 Å². The maximum atomic E-state index is 15.7. The van der Waals surface area contributed by atoms with E-state index in [0.717, 1.165) is 34.2 Å². The van der Waals surface area contributed by atoms with Crippen molar-refractivity contribution in [2.75, 3.05) is 26.4 Å². The van der Waals surface area contributed by atoms with Crippen molar-refractivity contribution in [2.45, 2.75) is 480 Å². The van der Waals surface area contributed by atoms with E-state index in [-0.39, 0.29) is 95.9 Å². The van der Waals surface area contributed by atoms with Crippen LogP contribution in [0.5, 0.6) is 0 Å². The van der Waals surface area contributed by atoms with Crippen LogP contribution in [0.2, 0.25) is 90.7 Å². The molecule has 5 aromatic rings. The number of hydrogen-bond acceptors (Lipinski definition) is 27. The second kappa shape index (κ2) is 49.3. The fourth-order valence-electron chi connectivity index (χ4n) is 18.2. The highest BCUT2D eigenvalue weighted by molar-refractivity contribution is 6.76. The zero-order chi connectivity index (χ0) is 106. The van der Waals surface area contributed by atoms with Gasteiger partial charge in [-0.2, -0.15) is 0 Å². The minimum atomic E-state index is -2.77. The Bertz CT molecular complexity index is 4780. The van der Waals surface area contributed by atoms with Gasteiger partial charge >= 0.3 is 11.9 Å². The Labute approximate surface area is 872 Å². The SMILES string of the molecule is CC[C@H](C)[C@H](CC(CC(=O)O[C@@H]1C(OCc2ccccc2)C(O[C@@H]2O[C@H](C)[C@H](O[C@@H]3OC[C@@H](OCc4ccccc4)C(O[C@@H]4OC[C@]5(COCc6ccccc6)O[C@@H](c6ccccc6)OC45)C3OCc3ccccc3)C3OC(C)(C)OC32)[C@@H](O)O[C@@H]1C)O[Si](C)(C)C(C)(C)C)OC(=O)C[C@H](C[C@H](O[C@@H]1O[C@@H](CO[Si](C)(C)C(C)(C)C)C(O[Si](C)(C)C(C)(C)C)C1O[Si](C)(C)C(C)(C)C)[C@@H](C)CC)O[Si](C)(C)C(C)(C)C. The van der Waals surface area contributed by atoms with Crippen LogP contribution < -0.4 is 0 Å². The van der Waals surface area contributed by atoms with Crippen molar-refractivity contribution in [3.63, 3.8) is 0 Å². The summed E-state index contributed by atoms with van der Waals surface area (Å²) < 4.78 is 170. The van der Waals surface area contributed by atoms with E-state index in [1.807, 2.05) is 159 Å². The molecule has 7 aliphatic rings. The number of rotatable bonds is 47. The number of carbonyl (C=O) groups is 2. The second-order valence-electron chi connectivity index (χ2n) is 49.6. The molecule has 32 heteroatoms. The fourth-order valence-corrected chi connectivity index (χ4v) is 24.5. The van der Waals surface area contributed by atoms with Crippen LogP contribution in [0.25, 0.3) is 0 Å². The topological polar surface area (TPSA) is 276 Å². The maximum Gasteiger partial charge on any atom is 0.308 e. The highest BCUT2D eigenvalue weighted by Crippen LogP contribution is 2.52. The average Bonchev–Trinajstić information content (AvgIpc) is 1.56. The number of ether oxygens (including phenoxy) is 19. The molecule has 0 spiro atoms. The van der Waals surface area contributed by atoms with Gasteiger partial charge in [0.25, 0.3) is 0 Å². The number of hydrogen-bond donors (Lipinski definition) is 1. The predicted molar refractivity (Wildman–Crippen MR) is 570 cm³/mol. The summed E-state index contributed by atoms with van der Waals surface area (Å²) in [5.41, 5.74) is 3.31. The van der Waals surface area contributed by atoms with E-state index in [9.17, 15) is 5.11 Å². The van der Waals surface area contributed by atoms with Crippen LogP contribution in [0, 0.1) is 11.8 Å². The van der Waals surface area contributed by atoms with Crippen LogP contribution in [0.15, 0.2) is 152 Å². The third-order valence-corrected chi connectivity index (χ3v) is 55.3. The van der Waals surface area contributed by atoms with Crippen molar-refractivity contribution in [3.8, 4) is 0 Å². The molecule has 7 aliphatic heterocycles. The Kier molecular flexibility index (Phi) is 40.4. The summed E-state index contributed by atoms with van der Waals surface area (Å²) in [5.74, 6) is -2.58. The van der Waals surface area contributed by atoms with Gasteiger partial charge in [-0.3, -0.25) is 9.59 Å². The smallest absolute Gasteiger partial charge is 0.308 e. The molecular formula is C113H180O27Si5. The largest absolute Gasteiger partial charge is 0.462 e. The van der Waals surface area contributed by atoms with Gasteiger partial charge in [0.2, 0.25) is 0 Å². The standard InChI is InChI=1S/C113H180O27Si5/c1-34-73(3)84(126-88(114)63-83(138-143(28,29)109(13,14)15)62-85(74(4)35-2)127-105-99(140-145(32,33)111(19,20)21)93(139-144(30,31)110(16,17)18)87(128-105)70-123-141(24,25)107(7,8)9)61-82(137-142(26,27)108(10,11)12)64-89(115)129-90-75(5)124-101(116)96(94(90)119-67-79-55-45-38-46-56-79)132-104-98-95(134-112(22,23)135-98)91(76(6)125-104)130-103-97(120-68-80-57-47-39-48-58-80)92(86(69-121-103)118-66-78-53-43-37-44-54-78)131-106-100-113(72-122-106,71-117-65-77-51-41-36-42-52-77)136-102(133-100)81-59-49-40-50-60-81/h36-60,73-76,82-87,90-106,116H,34-35,61-72H2,1-33H3/t73-,74-,75+,76+,82?,83-,84-,85-,86+,87-,90-,91-,92?,93?,94?,95?,96?,97?,98?,99?,100?,101-,102-,103-,104-,105+,106-,113-/m0/s1. The van der Waals surface area contributed by atoms with E-state index in [1.165, 1.54) is 0 Å². The van der Waals surface area contributed by atoms with Crippen molar-refractivity contribution in [1.82, 2.24) is 0 Å². The Morgan fingerprint density at radius 2 is 0.890 bits per heavy atom. The molecular weight excluding hydrogens is 1930 g/mol. The van der Waals surface area contributed by atoms with Crippen LogP contribution in [-0.2, 0) is 148 Å². The first-order valence-corrected chi connectivity index (χ1v) is 67.8. The number of aliphatic hydroxyl groups excluding tert-OH is 1. The number of aliphatic hydroxyl groups is 1. The van der Waals surface area contributed by atoms with Crippen LogP contribution >= 0.6 is 0 Å². The van der Waals surface area contributed by atoms with Crippen molar-refractivity contribution < 1.29 is 127 Å². The molecule has 0 amide bonds. The maximum absolute atomic E-state index is 15.7. The molecule has 145 heavy (non-hydrogen) atoms. The lowest BCUT2D eigenvalue weighted by Crippen LogP contribution is -2.65. The van der Waals surface area contributed by atoms with Crippen molar-refractivity contribution >= 4 is 53.5 Å². The van der Waals surface area contributed by atoms with Gasteiger partial charge in [0.1, 0.15) is 85.0 Å². The van der Waals surface area contributed by atoms with Crippen molar-refractivity contribution in [3.05, 3.63) is 179 Å². The minimum absolute atomic E-state index is 0.00913. The van der Waals surface area contributed by atoms with E-state index in [2.05, 4.69) is 197 Å². The average molecular weight is 2110 g/mol. The lowest BCUT2D eigenvalue weighted by atomic mass is 9.94. The molecule has 0 radical (unpaired) electrons. The number of esters is 2. The number of carbonyl (C=O) groups excluding carboxylic acids is 2. The third-order valence-electron chi connectivity index (χ3n) is 32.7. The predicted octanol–water partition coefficient (Wildman–Crippen LogP) is 22.9. The molecule has 7 fully saturated rings. The minimum Gasteiger partial charge on any atom is -0.462 e. The molecule has 10 unspecified atom stereocenters. The summed E-state index contributed by atoms with van der Waals surface area (Å²) in [6.07, 6.45) is -21.9. The van der Waals surface area contributed by atoms with Gasteiger partial charge in [0.05, 0.1) is 96.2 Å². The summed E-state index contributed by atoms with van der Waals surface area (Å²) in [5, 5.41) is 11.6. The Morgan fingerprint density at radius 1 is 0.441 bits per heavy atom. The zero-order valence-corrected chi connectivity index (χ0v) is 98.5. The van der Waals surface area contributed by atoms with Gasteiger partial charge in [-0.1, -0.05) is 296 Å². The summed E-state index contributed by atoms with van der Waals surface area (Å²) in [4.78, 5) is 31.4. The van der Waals surface area contributed by atoms with E-state index in [1.54, 1.807) is 20.8 Å². The van der Waals surface area contributed by atoms with Crippen LogP contribution in [0.3, 0.4) is 0 Å². The summed E-state index contributed by atoms with van der Waals surface area (Å²) >= 11 is 0. The molecule has 28 atom stereocenters. The van der Waals surface area contributed by atoms with Gasteiger partial charge in [-0.25, -0.2) is 0 Å². The molecule has 0 bridgehead atoms. The first kappa shape index (κ1) is 119. The van der Waals surface area contributed by atoms with E-state index in [4.69, 9.17) is 112 Å². The zero-order valence-electron chi connectivity index (χ0n) is 93.5. The highest BCUT2D eigenvalue weighted by Gasteiger charge is 2.65. The molecule has 814 valence electrons. The van der Waals surface area contributed by atoms with Crippen molar-refractivity contribution in [2.24, 2.45) is 11.8 Å². The molecule has 12 rings (SSSR count). The first-order valence-electron chi connectivity index (χ1n) is 53.3. The van der Waals surface area contributed by atoms with Gasteiger partial charge in [-0.15, -0.1) is 0 Å². The molecule has 7 heterocycles. The van der Waals surface area contributed by atoms with Gasteiger partial charge < -0.3 is 117 Å². The van der Waals surface area contributed by atoms with E-state index >= 15 is 9.59 Å². The summed E-state index contributed by atoms with van der Waals surface area (Å²) in [6.45, 7) is 72.6. The molecule has 0 aliphatic carbocycles. The molecule has 5 aromatic carbocycles. The summed E-state index contributed by atoms with van der Waals surface area (Å²) in [6, 6.07) is 49.0. The van der Waals surface area contributed by atoms with Crippen LogP contribution in [0.1, 0.15) is 232 Å². The van der Waals surface area contributed by atoms with Gasteiger partial charge in [0, 0.05) is 12.0 Å². The van der Waals surface area contributed by atoms with E-state index < -0.39 is 219 Å². The second-order valence-corrected chi connectivity index (χ2v) is 73.4. The Morgan fingerprint density at radius 3 is 1.41 bits per heavy atom. The quantitative estimate of drug-likeness (QED) is 0.0280. The molecule has 0 saturated carbocycles. The third kappa shape index (κ3) is 30.7. The number of fused-ring (bicyclic) bond motifs is 2. The lowest BCUT2D eigenvalue weighted by molar-refractivity contribution is -0.372. The molecule has 27 nitrogen and oxygen atoms in total. The fraction of sp³-hybridized carbons (Fsp3) is 0.717. The Hall–Kier alpha value is -4.80. The first-order chi connectivity index (χ1) is 67.7. The van der Waals surface area contributed by atoms with Gasteiger partial charge in [0.15, 0.2) is 91.2 Å². The monoisotopic (exact) mass is 2110 g/mol. The molecule has 0 aromatic heterocycles. The highest BCUT2D eigenvalue weighted by atomic mass is 28.4. The van der Waals surface area contributed by atoms with Gasteiger partial charge in [-0.05, 0) is 159 Å². The lowest BCUT2D eigenvalue weighted by Gasteiger charge is -2.48. The summed E-state index contributed by atoms with van der Waals surface area (Å²) in [7, 11) is -12.8. The molecule has 1 N–H and O–H groups in total. The van der Waals surface area contributed by atoms with Crippen LogP contribution in [0.4, 0.5) is 0 Å². The van der Waals surface area contributed by atoms with Crippen molar-refractivity contribution in [1.29, 1.82) is 0 Å². The number of benzene rings is 5. The molecule has 7 saturated heterocycles. The Balaban J connectivity index is 0.804. The van der Waals surface area contributed by atoms with E-state index in [0.29, 0.717) is 26.1 Å². The normalized spacial score (nSPS) is 30.2.